The maximum Gasteiger partial charge on any atom is 0.335 e. The van der Waals surface area contributed by atoms with Crippen LogP contribution in [0.2, 0.25) is 0 Å². The van der Waals surface area contributed by atoms with Gasteiger partial charge in [0.25, 0.3) is 0 Å². The first-order chi connectivity index (χ1) is 6.65. The zero-order chi connectivity index (χ0) is 10.6. The van der Waals surface area contributed by atoms with Gasteiger partial charge in [0.15, 0.2) is 0 Å². The molecule has 0 amide bonds. The van der Waals surface area contributed by atoms with Crippen molar-refractivity contribution in [2.75, 3.05) is 6.61 Å². The lowest BCUT2D eigenvalue weighted by Crippen LogP contribution is -2.12. The molecule has 1 rings (SSSR count). The molecule has 0 aliphatic rings. The van der Waals surface area contributed by atoms with E-state index in [1.807, 2.05) is 0 Å². The van der Waals surface area contributed by atoms with Gasteiger partial charge >= 0.3 is 5.97 Å². The second-order valence-corrected chi connectivity index (χ2v) is 3.05. The van der Waals surface area contributed by atoms with E-state index in [0.29, 0.717) is 6.42 Å². The third-order valence-corrected chi connectivity index (χ3v) is 2.03. The number of carbonyl (C=O) groups is 1. The number of hydrogen-bond acceptors (Lipinski definition) is 3. The molecule has 0 heterocycles. The molecule has 0 spiro atoms. The van der Waals surface area contributed by atoms with Gasteiger partial charge in [-0.25, -0.2) is 4.79 Å². The normalized spacial score (nSPS) is 12.4. The van der Waals surface area contributed by atoms with Crippen molar-refractivity contribution in [3.8, 4) is 0 Å². The molecular formula is C10H13NO3. The number of carboxylic acid groups (broad SMARTS) is 1. The Morgan fingerprint density at radius 3 is 2.36 bits per heavy atom. The van der Waals surface area contributed by atoms with Crippen LogP contribution in [0.5, 0.6) is 0 Å². The molecule has 0 aliphatic carbocycles. The average Bonchev–Trinajstić information content (AvgIpc) is 2.18. The minimum Gasteiger partial charge on any atom is -0.478 e. The predicted molar refractivity (Wildman–Crippen MR) is 52.0 cm³/mol. The van der Waals surface area contributed by atoms with Crippen LogP contribution in [0.15, 0.2) is 24.3 Å². The van der Waals surface area contributed by atoms with Gasteiger partial charge in [-0.3, -0.25) is 0 Å². The van der Waals surface area contributed by atoms with E-state index in [0.717, 1.165) is 5.56 Å². The number of aliphatic hydroxyl groups excluding tert-OH is 1. The molecule has 1 aromatic carbocycles. The van der Waals surface area contributed by atoms with Gasteiger partial charge in [-0.1, -0.05) is 12.1 Å². The molecule has 1 atom stereocenters. The zero-order valence-corrected chi connectivity index (χ0v) is 7.68. The van der Waals surface area contributed by atoms with Gasteiger partial charge in [0.1, 0.15) is 0 Å². The maximum absolute atomic E-state index is 10.5. The average molecular weight is 195 g/mol. The van der Waals surface area contributed by atoms with Crippen LogP contribution in [-0.2, 0) is 0 Å². The van der Waals surface area contributed by atoms with Crippen LogP contribution in [0.4, 0.5) is 0 Å². The van der Waals surface area contributed by atoms with Crippen LogP contribution in [0.1, 0.15) is 28.4 Å². The van der Waals surface area contributed by atoms with Crippen LogP contribution in [-0.4, -0.2) is 22.8 Å². The highest BCUT2D eigenvalue weighted by molar-refractivity contribution is 5.87. The minimum absolute atomic E-state index is 0.0296. The summed E-state index contributed by atoms with van der Waals surface area (Å²) in [6, 6.07) is 6.13. The Hall–Kier alpha value is -1.39. The standard InChI is InChI=1S/C10H13NO3/c11-9(5-6-12)7-1-3-8(4-2-7)10(13)14/h1-4,9,12H,5-6,11H2,(H,13,14). The topological polar surface area (TPSA) is 83.5 Å². The molecule has 4 nitrogen and oxygen atoms in total. The Kier molecular flexibility index (Phi) is 3.62. The van der Waals surface area contributed by atoms with E-state index in [2.05, 4.69) is 0 Å². The fourth-order valence-corrected chi connectivity index (χ4v) is 1.18. The summed E-state index contributed by atoms with van der Waals surface area (Å²) in [4.78, 5) is 10.5. The Balaban J connectivity index is 2.77. The van der Waals surface area contributed by atoms with Gasteiger partial charge < -0.3 is 15.9 Å². The molecule has 4 heteroatoms. The summed E-state index contributed by atoms with van der Waals surface area (Å²) in [6.07, 6.45) is 0.479. The Bertz CT molecular complexity index is 308. The van der Waals surface area contributed by atoms with Gasteiger partial charge in [-0.05, 0) is 24.1 Å². The second-order valence-electron chi connectivity index (χ2n) is 3.05. The van der Waals surface area contributed by atoms with Crippen LogP contribution >= 0.6 is 0 Å². The first-order valence-corrected chi connectivity index (χ1v) is 4.35. The van der Waals surface area contributed by atoms with E-state index >= 15 is 0 Å². The Labute approximate surface area is 82.0 Å². The monoisotopic (exact) mass is 195 g/mol. The fourth-order valence-electron chi connectivity index (χ4n) is 1.18. The van der Waals surface area contributed by atoms with Gasteiger partial charge in [-0.2, -0.15) is 0 Å². The molecule has 0 saturated carbocycles. The molecule has 0 fully saturated rings. The van der Waals surface area contributed by atoms with E-state index in [-0.39, 0.29) is 18.2 Å². The van der Waals surface area contributed by atoms with Gasteiger partial charge in [0, 0.05) is 12.6 Å². The highest BCUT2D eigenvalue weighted by Gasteiger charge is 2.06. The number of benzene rings is 1. The summed E-state index contributed by atoms with van der Waals surface area (Å²) < 4.78 is 0. The lowest BCUT2D eigenvalue weighted by Gasteiger charge is -2.09. The quantitative estimate of drug-likeness (QED) is 0.662. The van der Waals surface area contributed by atoms with Crippen molar-refractivity contribution in [2.24, 2.45) is 5.73 Å². The lowest BCUT2D eigenvalue weighted by atomic mass is 10.0. The lowest BCUT2D eigenvalue weighted by molar-refractivity contribution is 0.0697. The molecule has 0 radical (unpaired) electrons. The summed E-state index contributed by atoms with van der Waals surface area (Å²) in [5.41, 5.74) is 6.80. The molecule has 1 aromatic rings. The van der Waals surface area contributed by atoms with Crippen LogP contribution in [0.3, 0.4) is 0 Å². The Morgan fingerprint density at radius 2 is 1.93 bits per heavy atom. The summed E-state index contributed by atoms with van der Waals surface area (Å²) in [5, 5.41) is 17.3. The van der Waals surface area contributed by atoms with Crippen LogP contribution < -0.4 is 5.73 Å². The zero-order valence-electron chi connectivity index (χ0n) is 7.68. The van der Waals surface area contributed by atoms with Crippen molar-refractivity contribution in [1.82, 2.24) is 0 Å². The SMILES string of the molecule is NC(CCO)c1ccc(C(=O)O)cc1. The number of hydrogen-bond donors (Lipinski definition) is 3. The van der Waals surface area contributed by atoms with Crippen molar-refractivity contribution in [1.29, 1.82) is 0 Å². The van der Waals surface area contributed by atoms with E-state index in [1.165, 1.54) is 12.1 Å². The number of nitrogens with two attached hydrogens (primary N) is 1. The smallest absolute Gasteiger partial charge is 0.335 e. The third-order valence-electron chi connectivity index (χ3n) is 2.03. The molecule has 1 unspecified atom stereocenters. The number of aliphatic hydroxyl groups is 1. The van der Waals surface area contributed by atoms with E-state index < -0.39 is 5.97 Å². The number of carboxylic acids is 1. The fraction of sp³-hybridized carbons (Fsp3) is 0.300. The molecule has 76 valence electrons. The van der Waals surface area contributed by atoms with Crippen molar-refractivity contribution in [2.45, 2.75) is 12.5 Å². The predicted octanol–water partition coefficient (Wildman–Crippen LogP) is 0.767. The molecule has 0 aliphatic heterocycles. The van der Waals surface area contributed by atoms with Crippen molar-refractivity contribution >= 4 is 5.97 Å². The molecule has 14 heavy (non-hydrogen) atoms. The summed E-state index contributed by atoms with van der Waals surface area (Å²) in [5.74, 6) is -0.952. The van der Waals surface area contributed by atoms with Gasteiger partial charge in [0.05, 0.1) is 5.56 Å². The first-order valence-electron chi connectivity index (χ1n) is 4.35. The van der Waals surface area contributed by atoms with Crippen molar-refractivity contribution < 1.29 is 15.0 Å². The Morgan fingerprint density at radius 1 is 1.36 bits per heavy atom. The summed E-state index contributed by atoms with van der Waals surface area (Å²) >= 11 is 0. The molecule has 4 N–H and O–H groups in total. The third kappa shape index (κ3) is 2.55. The number of rotatable bonds is 4. The van der Waals surface area contributed by atoms with Gasteiger partial charge in [-0.15, -0.1) is 0 Å². The van der Waals surface area contributed by atoms with Crippen molar-refractivity contribution in [3.05, 3.63) is 35.4 Å². The van der Waals surface area contributed by atoms with E-state index in [9.17, 15) is 4.79 Å². The highest BCUT2D eigenvalue weighted by Crippen LogP contribution is 2.14. The van der Waals surface area contributed by atoms with Crippen LogP contribution in [0, 0.1) is 0 Å². The first kappa shape index (κ1) is 10.7. The molecule has 0 bridgehead atoms. The highest BCUT2D eigenvalue weighted by atomic mass is 16.4. The van der Waals surface area contributed by atoms with Crippen molar-refractivity contribution in [3.63, 3.8) is 0 Å². The molecule has 0 saturated heterocycles. The summed E-state index contributed by atoms with van der Waals surface area (Å²) in [6.45, 7) is 0.0296. The largest absolute Gasteiger partial charge is 0.478 e. The summed E-state index contributed by atoms with van der Waals surface area (Å²) in [7, 11) is 0. The number of aromatic carboxylic acids is 1. The van der Waals surface area contributed by atoms with E-state index in [4.69, 9.17) is 15.9 Å². The van der Waals surface area contributed by atoms with Crippen LogP contribution in [0.25, 0.3) is 0 Å². The molecule has 0 aromatic heterocycles. The second kappa shape index (κ2) is 4.74. The minimum atomic E-state index is -0.952. The van der Waals surface area contributed by atoms with E-state index in [1.54, 1.807) is 12.1 Å². The molecular weight excluding hydrogens is 182 g/mol. The van der Waals surface area contributed by atoms with Gasteiger partial charge in [0.2, 0.25) is 0 Å². The maximum atomic E-state index is 10.5.